The lowest BCUT2D eigenvalue weighted by molar-refractivity contribution is -0.134. The third-order valence-electron chi connectivity index (χ3n) is 3.08. The molecule has 1 N–H and O–H groups in total. The fourth-order valence-electron chi connectivity index (χ4n) is 2.13. The van der Waals surface area contributed by atoms with Crippen LogP contribution in [0, 0.1) is 0 Å². The molecule has 0 bridgehead atoms. The summed E-state index contributed by atoms with van der Waals surface area (Å²) in [4.78, 5) is 13.5. The van der Waals surface area contributed by atoms with Crippen molar-refractivity contribution < 1.29 is 22.7 Å². The molecule has 0 spiro atoms. The first-order chi connectivity index (χ1) is 10.1. The maximum Gasteiger partial charge on any atom is 0.425 e. The predicted molar refractivity (Wildman–Crippen MR) is 77.9 cm³/mol. The fraction of sp³-hybridized carbons (Fsp3) is 0.643. The van der Waals surface area contributed by atoms with Gasteiger partial charge in [0.05, 0.1) is 6.04 Å². The van der Waals surface area contributed by atoms with Gasteiger partial charge in [-0.1, -0.05) is 0 Å². The number of rotatable bonds is 1. The number of carbonyl (C=O) groups excluding carboxylic acids is 1. The molecule has 1 aliphatic rings. The summed E-state index contributed by atoms with van der Waals surface area (Å²) in [6.45, 7) is 6.62. The molecule has 124 valence electrons. The van der Waals surface area contributed by atoms with Crippen molar-refractivity contribution in [3.8, 4) is 0 Å². The molecule has 2 rings (SSSR count). The van der Waals surface area contributed by atoms with Gasteiger partial charge in [-0.15, -0.1) is 11.3 Å². The van der Waals surface area contributed by atoms with Crippen LogP contribution >= 0.6 is 11.3 Å². The van der Waals surface area contributed by atoms with Crippen LogP contribution in [0.4, 0.5) is 18.0 Å². The smallest absolute Gasteiger partial charge is 0.425 e. The zero-order valence-electron chi connectivity index (χ0n) is 12.7. The molecule has 1 aromatic rings. The van der Waals surface area contributed by atoms with E-state index in [1.807, 2.05) is 0 Å². The number of piperazine rings is 1. The van der Waals surface area contributed by atoms with E-state index in [2.05, 4.69) is 5.32 Å². The summed E-state index contributed by atoms with van der Waals surface area (Å²) in [5.74, 6) is 0. The quantitative estimate of drug-likeness (QED) is 0.851. The molecule has 1 fully saturated rings. The van der Waals surface area contributed by atoms with E-state index in [9.17, 15) is 18.0 Å². The third-order valence-corrected chi connectivity index (χ3v) is 4.32. The number of alkyl halides is 3. The van der Waals surface area contributed by atoms with Crippen LogP contribution in [-0.4, -0.2) is 36.2 Å². The molecule has 1 aliphatic heterocycles. The molecular weight excluding hydrogens is 317 g/mol. The summed E-state index contributed by atoms with van der Waals surface area (Å²) in [6.07, 6.45) is -4.77. The Morgan fingerprint density at radius 3 is 2.59 bits per heavy atom. The van der Waals surface area contributed by atoms with Crippen molar-refractivity contribution in [2.24, 2.45) is 0 Å². The van der Waals surface area contributed by atoms with Gasteiger partial charge in [-0.05, 0) is 32.9 Å². The SMILES string of the molecule is CC(C)(C)OC(=O)N1CCNC(c2ccc(C(F)(F)F)s2)C1. The van der Waals surface area contributed by atoms with Gasteiger partial charge in [-0.2, -0.15) is 13.2 Å². The topological polar surface area (TPSA) is 41.6 Å². The average molecular weight is 336 g/mol. The minimum atomic E-state index is -4.33. The van der Waals surface area contributed by atoms with Gasteiger partial charge in [-0.3, -0.25) is 0 Å². The van der Waals surface area contributed by atoms with Crippen LogP contribution in [-0.2, 0) is 10.9 Å². The summed E-state index contributed by atoms with van der Waals surface area (Å²) in [5, 5.41) is 3.14. The summed E-state index contributed by atoms with van der Waals surface area (Å²) in [6, 6.07) is 2.24. The number of thiophene rings is 1. The number of nitrogens with zero attached hydrogens (tertiary/aromatic N) is 1. The largest absolute Gasteiger partial charge is 0.444 e. The maximum atomic E-state index is 12.7. The van der Waals surface area contributed by atoms with Crippen molar-refractivity contribution in [1.29, 1.82) is 0 Å². The molecule has 1 atom stereocenters. The zero-order chi connectivity index (χ0) is 16.5. The van der Waals surface area contributed by atoms with Crippen LogP contribution in [0.25, 0.3) is 0 Å². The van der Waals surface area contributed by atoms with Crippen molar-refractivity contribution in [1.82, 2.24) is 10.2 Å². The van der Waals surface area contributed by atoms with Crippen molar-refractivity contribution in [3.63, 3.8) is 0 Å². The molecule has 2 heterocycles. The Hall–Kier alpha value is -1.28. The van der Waals surface area contributed by atoms with Crippen molar-refractivity contribution in [2.75, 3.05) is 19.6 Å². The van der Waals surface area contributed by atoms with E-state index in [4.69, 9.17) is 4.74 Å². The van der Waals surface area contributed by atoms with Gasteiger partial charge in [0.15, 0.2) is 0 Å². The number of carbonyl (C=O) groups is 1. The zero-order valence-corrected chi connectivity index (χ0v) is 13.5. The molecule has 22 heavy (non-hydrogen) atoms. The Balaban J connectivity index is 2.04. The number of hydrogen-bond acceptors (Lipinski definition) is 4. The van der Waals surface area contributed by atoms with E-state index in [1.165, 1.54) is 11.0 Å². The van der Waals surface area contributed by atoms with E-state index >= 15 is 0 Å². The minimum absolute atomic E-state index is 0.298. The Morgan fingerprint density at radius 2 is 2.05 bits per heavy atom. The molecule has 1 amide bonds. The van der Waals surface area contributed by atoms with E-state index in [0.717, 1.165) is 6.07 Å². The van der Waals surface area contributed by atoms with Crippen LogP contribution in [0.5, 0.6) is 0 Å². The van der Waals surface area contributed by atoms with E-state index in [-0.39, 0.29) is 6.04 Å². The second-order valence-corrected chi connectivity index (χ2v) is 7.25. The lowest BCUT2D eigenvalue weighted by Gasteiger charge is -2.34. The van der Waals surface area contributed by atoms with Crippen molar-refractivity contribution in [2.45, 2.75) is 38.6 Å². The van der Waals surface area contributed by atoms with Gasteiger partial charge < -0.3 is 15.0 Å². The first-order valence-electron chi connectivity index (χ1n) is 6.94. The highest BCUT2D eigenvalue weighted by molar-refractivity contribution is 7.12. The van der Waals surface area contributed by atoms with Crippen molar-refractivity contribution in [3.05, 3.63) is 21.9 Å². The molecule has 0 radical (unpaired) electrons. The molecule has 4 nitrogen and oxygen atoms in total. The number of ether oxygens (including phenoxy) is 1. The van der Waals surface area contributed by atoms with Crippen LogP contribution in [0.3, 0.4) is 0 Å². The van der Waals surface area contributed by atoms with Crippen LogP contribution < -0.4 is 5.32 Å². The minimum Gasteiger partial charge on any atom is -0.444 e. The van der Waals surface area contributed by atoms with Gasteiger partial charge >= 0.3 is 12.3 Å². The predicted octanol–water partition coefficient (Wildman–Crippen LogP) is 3.65. The monoisotopic (exact) mass is 336 g/mol. The molecule has 1 aromatic heterocycles. The Kier molecular flexibility index (Phi) is 4.72. The van der Waals surface area contributed by atoms with Gasteiger partial charge in [-0.25, -0.2) is 4.79 Å². The van der Waals surface area contributed by atoms with E-state index in [1.54, 1.807) is 20.8 Å². The Labute approximate surface area is 131 Å². The lowest BCUT2D eigenvalue weighted by atomic mass is 10.2. The van der Waals surface area contributed by atoms with Gasteiger partial charge in [0.2, 0.25) is 0 Å². The fourth-order valence-corrected chi connectivity index (χ4v) is 3.07. The number of amides is 1. The summed E-state index contributed by atoms with van der Waals surface area (Å²) in [7, 11) is 0. The number of hydrogen-bond donors (Lipinski definition) is 1. The van der Waals surface area contributed by atoms with Gasteiger partial charge in [0.1, 0.15) is 10.5 Å². The highest BCUT2D eigenvalue weighted by Crippen LogP contribution is 2.37. The maximum absolute atomic E-state index is 12.7. The average Bonchev–Trinajstić information content (AvgIpc) is 2.86. The first kappa shape index (κ1) is 17.1. The van der Waals surface area contributed by atoms with Gasteiger partial charge in [0, 0.05) is 24.5 Å². The lowest BCUT2D eigenvalue weighted by Crippen LogP contribution is -2.49. The summed E-state index contributed by atoms with van der Waals surface area (Å²) >= 11 is 0.707. The highest BCUT2D eigenvalue weighted by Gasteiger charge is 2.34. The number of halogens is 3. The normalized spacial score (nSPS) is 20.1. The molecule has 0 aliphatic carbocycles. The molecule has 8 heteroatoms. The standard InChI is InChI=1S/C14H19F3N2O2S/c1-13(2,3)21-12(20)19-7-6-18-9(8-19)10-4-5-11(22-10)14(15,16)17/h4-5,9,18H,6-8H2,1-3H3. The van der Waals surface area contributed by atoms with Crippen LogP contribution in [0.2, 0.25) is 0 Å². The van der Waals surface area contributed by atoms with Crippen LogP contribution in [0.15, 0.2) is 12.1 Å². The number of nitrogens with one attached hydrogen (secondary N) is 1. The second kappa shape index (κ2) is 6.08. The molecular formula is C14H19F3N2O2S. The Bertz CT molecular complexity index is 537. The second-order valence-electron chi connectivity index (χ2n) is 6.13. The molecule has 1 unspecified atom stereocenters. The van der Waals surface area contributed by atoms with E-state index in [0.29, 0.717) is 35.8 Å². The first-order valence-corrected chi connectivity index (χ1v) is 7.76. The molecule has 1 saturated heterocycles. The summed E-state index contributed by atoms with van der Waals surface area (Å²) < 4.78 is 43.3. The van der Waals surface area contributed by atoms with E-state index < -0.39 is 22.7 Å². The van der Waals surface area contributed by atoms with Crippen molar-refractivity contribution >= 4 is 17.4 Å². The Morgan fingerprint density at radius 1 is 1.36 bits per heavy atom. The third kappa shape index (κ3) is 4.36. The summed E-state index contributed by atoms with van der Waals surface area (Å²) in [5.41, 5.74) is -0.593. The molecule has 0 aromatic carbocycles. The van der Waals surface area contributed by atoms with Gasteiger partial charge in [0.25, 0.3) is 0 Å². The molecule has 0 saturated carbocycles. The highest BCUT2D eigenvalue weighted by atomic mass is 32.1. The van der Waals surface area contributed by atoms with Crippen LogP contribution in [0.1, 0.15) is 36.6 Å².